The van der Waals surface area contributed by atoms with Gasteiger partial charge in [-0.1, -0.05) is 12.1 Å². The second kappa shape index (κ2) is 5.80. The summed E-state index contributed by atoms with van der Waals surface area (Å²) < 4.78 is 10.2. The van der Waals surface area contributed by atoms with Crippen LogP contribution in [0.1, 0.15) is 16.2 Å². The van der Waals surface area contributed by atoms with E-state index in [1.807, 2.05) is 12.1 Å². The number of anilines is 1. The Morgan fingerprint density at radius 3 is 2.91 bits per heavy atom. The first-order chi connectivity index (χ1) is 10.6. The molecule has 0 aliphatic rings. The first-order valence-electron chi connectivity index (χ1n) is 6.66. The Bertz CT molecular complexity index is 808. The lowest BCUT2D eigenvalue weighted by Crippen LogP contribution is -2.10. The van der Waals surface area contributed by atoms with Gasteiger partial charge in [0.05, 0.1) is 11.1 Å². The molecule has 2 heterocycles. The van der Waals surface area contributed by atoms with Crippen molar-refractivity contribution in [2.24, 2.45) is 0 Å². The van der Waals surface area contributed by atoms with Gasteiger partial charge in [-0.3, -0.25) is 4.98 Å². The quantitative estimate of drug-likeness (QED) is 0.682. The molecule has 0 spiro atoms. The van der Waals surface area contributed by atoms with E-state index in [1.54, 1.807) is 43.4 Å². The standard InChI is InChI=1S/C15H14N4O3/c1-19(2)15-17-13(22-18-15)9-21-14(20)11-5-3-7-12-10(11)6-4-8-16-12/h3-8H,9H2,1-2H3. The maximum Gasteiger partial charge on any atom is 0.339 e. The summed E-state index contributed by atoms with van der Waals surface area (Å²) in [6.45, 7) is -0.0731. The number of benzene rings is 1. The van der Waals surface area contributed by atoms with Crippen LogP contribution in [0.15, 0.2) is 41.1 Å². The normalized spacial score (nSPS) is 10.6. The summed E-state index contributed by atoms with van der Waals surface area (Å²) in [7, 11) is 3.59. The number of ether oxygens (including phenoxy) is 1. The Morgan fingerprint density at radius 1 is 1.27 bits per heavy atom. The van der Waals surface area contributed by atoms with Crippen LogP contribution in [-0.2, 0) is 11.3 Å². The molecule has 3 aromatic rings. The summed E-state index contributed by atoms with van der Waals surface area (Å²) in [5, 5.41) is 4.50. The highest BCUT2D eigenvalue weighted by Gasteiger charge is 2.14. The molecule has 0 bridgehead atoms. The van der Waals surface area contributed by atoms with Crippen LogP contribution in [0.3, 0.4) is 0 Å². The SMILES string of the molecule is CN(C)c1noc(COC(=O)c2cccc3ncccc23)n1. The Morgan fingerprint density at radius 2 is 2.14 bits per heavy atom. The molecule has 7 heteroatoms. The molecule has 0 aliphatic heterocycles. The van der Waals surface area contributed by atoms with Crippen LogP contribution in [0.4, 0.5) is 5.95 Å². The van der Waals surface area contributed by atoms with Gasteiger partial charge in [-0.15, -0.1) is 0 Å². The van der Waals surface area contributed by atoms with Crippen LogP contribution >= 0.6 is 0 Å². The lowest BCUT2D eigenvalue weighted by atomic mass is 10.1. The summed E-state index contributed by atoms with van der Waals surface area (Å²) >= 11 is 0. The third-order valence-electron chi connectivity index (χ3n) is 3.05. The van der Waals surface area contributed by atoms with E-state index in [2.05, 4.69) is 15.1 Å². The predicted octanol–water partition coefficient (Wildman–Crippen LogP) is 2.04. The Balaban J connectivity index is 1.76. The third kappa shape index (κ3) is 2.73. The second-order valence-corrected chi connectivity index (χ2v) is 4.83. The largest absolute Gasteiger partial charge is 0.452 e. The number of hydrogen-bond acceptors (Lipinski definition) is 7. The topological polar surface area (TPSA) is 81.4 Å². The van der Waals surface area contributed by atoms with Crippen molar-refractivity contribution >= 4 is 22.8 Å². The molecule has 0 atom stereocenters. The van der Waals surface area contributed by atoms with Gasteiger partial charge < -0.3 is 14.2 Å². The number of nitrogens with zero attached hydrogens (tertiary/aromatic N) is 4. The molecule has 22 heavy (non-hydrogen) atoms. The lowest BCUT2D eigenvalue weighted by molar-refractivity contribution is 0.0432. The van der Waals surface area contributed by atoms with E-state index in [4.69, 9.17) is 9.26 Å². The molecule has 2 aromatic heterocycles. The highest BCUT2D eigenvalue weighted by atomic mass is 16.6. The van der Waals surface area contributed by atoms with Crippen molar-refractivity contribution in [2.45, 2.75) is 6.61 Å². The molecule has 0 amide bonds. The number of pyridine rings is 1. The molecule has 1 aromatic carbocycles. The number of carbonyl (C=O) groups excluding carboxylic acids is 1. The van der Waals surface area contributed by atoms with E-state index in [1.165, 1.54) is 0 Å². The Hall–Kier alpha value is -2.96. The van der Waals surface area contributed by atoms with E-state index in [0.717, 1.165) is 10.9 Å². The van der Waals surface area contributed by atoms with Gasteiger partial charge in [0.25, 0.3) is 11.8 Å². The fourth-order valence-corrected chi connectivity index (χ4v) is 1.97. The van der Waals surface area contributed by atoms with Crippen LogP contribution in [0.25, 0.3) is 10.9 Å². The van der Waals surface area contributed by atoms with Gasteiger partial charge in [0.1, 0.15) is 0 Å². The minimum atomic E-state index is -0.455. The first-order valence-corrected chi connectivity index (χ1v) is 6.66. The maximum absolute atomic E-state index is 12.2. The number of fused-ring (bicyclic) bond motifs is 1. The second-order valence-electron chi connectivity index (χ2n) is 4.83. The Kier molecular flexibility index (Phi) is 3.69. The van der Waals surface area contributed by atoms with Crippen molar-refractivity contribution in [2.75, 3.05) is 19.0 Å². The zero-order valence-electron chi connectivity index (χ0n) is 12.2. The molecule has 0 N–H and O–H groups in total. The van der Waals surface area contributed by atoms with Gasteiger partial charge in [-0.25, -0.2) is 4.79 Å². The zero-order chi connectivity index (χ0) is 15.5. The summed E-state index contributed by atoms with van der Waals surface area (Å²) in [5.41, 5.74) is 1.20. The molecule has 0 saturated carbocycles. The minimum Gasteiger partial charge on any atom is -0.452 e. The molecule has 0 fully saturated rings. The number of esters is 1. The van der Waals surface area contributed by atoms with E-state index >= 15 is 0 Å². The van der Waals surface area contributed by atoms with Crippen LogP contribution in [0.5, 0.6) is 0 Å². The molecule has 7 nitrogen and oxygen atoms in total. The lowest BCUT2D eigenvalue weighted by Gasteiger charge is -2.05. The van der Waals surface area contributed by atoms with Crippen molar-refractivity contribution < 1.29 is 14.1 Å². The van der Waals surface area contributed by atoms with Gasteiger partial charge in [0.2, 0.25) is 0 Å². The van der Waals surface area contributed by atoms with E-state index < -0.39 is 5.97 Å². The first kappa shape index (κ1) is 14.0. The highest BCUT2D eigenvalue weighted by molar-refractivity contribution is 6.03. The Labute approximate surface area is 126 Å². The van der Waals surface area contributed by atoms with Gasteiger partial charge >= 0.3 is 5.97 Å². The van der Waals surface area contributed by atoms with E-state index in [-0.39, 0.29) is 12.5 Å². The number of rotatable bonds is 4. The summed E-state index contributed by atoms with van der Waals surface area (Å²) in [6.07, 6.45) is 1.68. The maximum atomic E-state index is 12.2. The van der Waals surface area contributed by atoms with Crippen LogP contribution in [0, 0.1) is 0 Å². The molecule has 0 radical (unpaired) electrons. The molecule has 0 unspecified atom stereocenters. The average Bonchev–Trinajstić information content (AvgIpc) is 3.01. The highest BCUT2D eigenvalue weighted by Crippen LogP contribution is 2.18. The molecule has 0 saturated heterocycles. The summed E-state index contributed by atoms with van der Waals surface area (Å²) in [6, 6.07) is 8.91. The number of hydrogen-bond donors (Lipinski definition) is 0. The van der Waals surface area contributed by atoms with Crippen LogP contribution in [-0.4, -0.2) is 35.2 Å². The van der Waals surface area contributed by atoms with Gasteiger partial charge in [-0.2, -0.15) is 4.98 Å². The van der Waals surface area contributed by atoms with Crippen LogP contribution < -0.4 is 4.90 Å². The molecular weight excluding hydrogens is 284 g/mol. The van der Waals surface area contributed by atoms with Gasteiger partial charge in [-0.05, 0) is 23.4 Å². The fourth-order valence-electron chi connectivity index (χ4n) is 1.97. The summed E-state index contributed by atoms with van der Waals surface area (Å²) in [5.74, 6) is 0.221. The van der Waals surface area contributed by atoms with Crippen molar-refractivity contribution in [3.05, 3.63) is 48.0 Å². The fraction of sp³-hybridized carbons (Fsp3) is 0.200. The monoisotopic (exact) mass is 298 g/mol. The number of carbonyl (C=O) groups is 1. The molecule has 0 aliphatic carbocycles. The smallest absolute Gasteiger partial charge is 0.339 e. The minimum absolute atomic E-state index is 0.0731. The predicted molar refractivity (Wildman–Crippen MR) is 79.5 cm³/mol. The van der Waals surface area contributed by atoms with Crippen molar-refractivity contribution in [1.82, 2.24) is 15.1 Å². The average molecular weight is 298 g/mol. The number of aromatic nitrogens is 3. The third-order valence-corrected chi connectivity index (χ3v) is 3.05. The van der Waals surface area contributed by atoms with Crippen LogP contribution in [0.2, 0.25) is 0 Å². The van der Waals surface area contributed by atoms with Crippen molar-refractivity contribution in [1.29, 1.82) is 0 Å². The summed E-state index contributed by atoms with van der Waals surface area (Å²) in [4.78, 5) is 22.2. The molecular formula is C15H14N4O3. The van der Waals surface area contributed by atoms with Gasteiger partial charge in [0, 0.05) is 25.7 Å². The van der Waals surface area contributed by atoms with E-state index in [0.29, 0.717) is 11.5 Å². The zero-order valence-corrected chi connectivity index (χ0v) is 12.2. The van der Waals surface area contributed by atoms with Crippen molar-refractivity contribution in [3.63, 3.8) is 0 Å². The van der Waals surface area contributed by atoms with Gasteiger partial charge in [0.15, 0.2) is 6.61 Å². The van der Waals surface area contributed by atoms with E-state index in [9.17, 15) is 4.79 Å². The van der Waals surface area contributed by atoms with Crippen molar-refractivity contribution in [3.8, 4) is 0 Å². The molecule has 112 valence electrons. The molecule has 3 rings (SSSR count).